The van der Waals surface area contributed by atoms with Crippen LogP contribution in [0.1, 0.15) is 32.6 Å². The van der Waals surface area contributed by atoms with Crippen LogP contribution >= 0.6 is 0 Å². The van der Waals surface area contributed by atoms with Crippen molar-refractivity contribution in [1.82, 2.24) is 20.4 Å². The third-order valence-electron chi connectivity index (χ3n) is 4.90. The van der Waals surface area contributed by atoms with Crippen LogP contribution < -0.4 is 10.6 Å². The number of alkyl halides is 2. The first kappa shape index (κ1) is 19.4. The van der Waals surface area contributed by atoms with Crippen LogP contribution in [0.5, 0.6) is 0 Å². The van der Waals surface area contributed by atoms with Gasteiger partial charge in [-0.2, -0.15) is 0 Å². The van der Waals surface area contributed by atoms with E-state index in [-0.39, 0.29) is 6.54 Å². The molecule has 2 aliphatic rings. The fourth-order valence-electron chi connectivity index (χ4n) is 3.61. The molecule has 0 spiro atoms. The van der Waals surface area contributed by atoms with Gasteiger partial charge < -0.3 is 15.5 Å². The van der Waals surface area contributed by atoms with Crippen molar-refractivity contribution in [2.24, 2.45) is 10.9 Å². The summed E-state index contributed by atoms with van der Waals surface area (Å²) in [5.41, 5.74) is 0. The van der Waals surface area contributed by atoms with Crippen molar-refractivity contribution in [3.8, 4) is 0 Å². The number of rotatable bonds is 6. The number of piperidine rings is 2. The van der Waals surface area contributed by atoms with E-state index in [0.717, 1.165) is 51.5 Å². The van der Waals surface area contributed by atoms with Crippen molar-refractivity contribution in [2.45, 2.75) is 45.1 Å². The van der Waals surface area contributed by atoms with E-state index in [9.17, 15) is 8.78 Å². The van der Waals surface area contributed by atoms with Crippen molar-refractivity contribution in [3.05, 3.63) is 0 Å². The highest BCUT2D eigenvalue weighted by Gasteiger charge is 2.22. The van der Waals surface area contributed by atoms with Gasteiger partial charge in [0.15, 0.2) is 5.96 Å². The minimum absolute atomic E-state index is 0.101. The number of likely N-dealkylation sites (tertiary alicyclic amines) is 2. The maximum Gasteiger partial charge on any atom is 0.251 e. The van der Waals surface area contributed by atoms with E-state index in [1.807, 2.05) is 4.90 Å². The van der Waals surface area contributed by atoms with Gasteiger partial charge in [-0.05, 0) is 52.1 Å². The Morgan fingerprint density at radius 1 is 1.21 bits per heavy atom. The summed E-state index contributed by atoms with van der Waals surface area (Å²) >= 11 is 0. The molecule has 0 aromatic heterocycles. The average Bonchev–Trinajstić information content (AvgIpc) is 2.54. The topological polar surface area (TPSA) is 42.9 Å². The van der Waals surface area contributed by atoms with E-state index in [2.05, 4.69) is 29.5 Å². The van der Waals surface area contributed by atoms with E-state index in [1.54, 1.807) is 0 Å². The zero-order valence-corrected chi connectivity index (χ0v) is 15.1. The fourth-order valence-corrected chi connectivity index (χ4v) is 3.61. The quantitative estimate of drug-likeness (QED) is 0.567. The lowest BCUT2D eigenvalue weighted by atomic mass is 9.99. The first-order valence-corrected chi connectivity index (χ1v) is 9.30. The fraction of sp³-hybridized carbons (Fsp3) is 0.941. The number of nitrogens with one attached hydrogen (secondary N) is 2. The van der Waals surface area contributed by atoms with Crippen molar-refractivity contribution in [2.75, 3.05) is 52.9 Å². The summed E-state index contributed by atoms with van der Waals surface area (Å²) in [6.45, 7) is 7.42. The first-order chi connectivity index (χ1) is 11.6. The van der Waals surface area contributed by atoms with Gasteiger partial charge >= 0.3 is 0 Å². The lowest BCUT2D eigenvalue weighted by molar-refractivity contribution is 0.0744. The lowest BCUT2D eigenvalue weighted by Gasteiger charge is -2.33. The maximum absolute atomic E-state index is 12.4. The van der Waals surface area contributed by atoms with Gasteiger partial charge in [0.1, 0.15) is 0 Å². The van der Waals surface area contributed by atoms with Crippen LogP contribution in [0.25, 0.3) is 0 Å². The van der Waals surface area contributed by atoms with E-state index in [1.165, 1.54) is 19.4 Å². The molecule has 0 radical (unpaired) electrons. The molecule has 140 valence electrons. The Bertz CT molecular complexity index is 383. The Morgan fingerprint density at radius 3 is 2.58 bits per heavy atom. The van der Waals surface area contributed by atoms with Crippen LogP contribution in [0, 0.1) is 5.92 Å². The highest BCUT2D eigenvalue weighted by atomic mass is 19.3. The molecular weight excluding hydrogens is 312 g/mol. The molecule has 2 fully saturated rings. The smallest absolute Gasteiger partial charge is 0.251 e. The monoisotopic (exact) mass is 345 g/mol. The van der Waals surface area contributed by atoms with Gasteiger partial charge in [0, 0.05) is 38.8 Å². The zero-order chi connectivity index (χ0) is 17.4. The maximum atomic E-state index is 12.4. The predicted octanol–water partition coefficient (Wildman–Crippen LogP) is 1.61. The van der Waals surface area contributed by atoms with Gasteiger partial charge in [-0.3, -0.25) is 9.89 Å². The van der Waals surface area contributed by atoms with Crippen molar-refractivity contribution in [3.63, 3.8) is 0 Å². The molecule has 7 heteroatoms. The van der Waals surface area contributed by atoms with Crippen LogP contribution in [0.4, 0.5) is 8.78 Å². The molecule has 1 unspecified atom stereocenters. The van der Waals surface area contributed by atoms with Crippen molar-refractivity contribution in [1.29, 1.82) is 0 Å². The molecule has 2 saturated heterocycles. The minimum atomic E-state index is -2.23. The van der Waals surface area contributed by atoms with Gasteiger partial charge in [-0.25, -0.2) is 8.78 Å². The molecule has 24 heavy (non-hydrogen) atoms. The molecule has 0 saturated carbocycles. The highest BCUT2D eigenvalue weighted by molar-refractivity contribution is 5.80. The number of hydrogen-bond donors (Lipinski definition) is 2. The lowest BCUT2D eigenvalue weighted by Crippen LogP contribution is -2.49. The van der Waals surface area contributed by atoms with Crippen molar-refractivity contribution >= 4 is 5.96 Å². The molecule has 0 aromatic carbocycles. The second-order valence-electron chi connectivity index (χ2n) is 7.10. The molecule has 1 atom stereocenters. The van der Waals surface area contributed by atoms with Crippen LogP contribution in [-0.4, -0.2) is 81.1 Å². The Labute approximate surface area is 144 Å². The van der Waals surface area contributed by atoms with Crippen LogP contribution in [0.2, 0.25) is 0 Å². The third kappa shape index (κ3) is 6.89. The molecule has 0 aliphatic carbocycles. The molecule has 0 bridgehead atoms. The van der Waals surface area contributed by atoms with Gasteiger partial charge in [0.05, 0.1) is 6.54 Å². The molecule has 5 nitrogen and oxygen atoms in total. The van der Waals surface area contributed by atoms with Gasteiger partial charge in [0.25, 0.3) is 6.43 Å². The summed E-state index contributed by atoms with van der Waals surface area (Å²) in [5, 5.41) is 6.81. The minimum Gasteiger partial charge on any atom is -0.357 e. The van der Waals surface area contributed by atoms with Crippen LogP contribution in [-0.2, 0) is 0 Å². The van der Waals surface area contributed by atoms with Gasteiger partial charge in [0.2, 0.25) is 0 Å². The van der Waals surface area contributed by atoms with E-state index >= 15 is 0 Å². The van der Waals surface area contributed by atoms with Gasteiger partial charge in [-0.1, -0.05) is 0 Å². The van der Waals surface area contributed by atoms with E-state index in [4.69, 9.17) is 4.99 Å². The number of halogens is 2. The van der Waals surface area contributed by atoms with Crippen LogP contribution in [0.15, 0.2) is 4.99 Å². The molecule has 0 amide bonds. The third-order valence-corrected chi connectivity index (χ3v) is 4.90. The molecule has 0 aromatic rings. The summed E-state index contributed by atoms with van der Waals surface area (Å²) in [6.07, 6.45) is 2.05. The summed E-state index contributed by atoms with van der Waals surface area (Å²) in [5.74, 6) is 1.50. The second-order valence-corrected chi connectivity index (χ2v) is 7.10. The first-order valence-electron chi connectivity index (χ1n) is 9.30. The Hall–Kier alpha value is -0.950. The molecule has 2 aliphatic heterocycles. The number of nitrogens with zero attached hydrogens (tertiary/aromatic N) is 3. The van der Waals surface area contributed by atoms with E-state index in [0.29, 0.717) is 12.0 Å². The largest absolute Gasteiger partial charge is 0.357 e. The Balaban J connectivity index is 1.77. The Kier molecular flexibility index (Phi) is 8.18. The zero-order valence-electron chi connectivity index (χ0n) is 15.1. The standard InChI is InChI=1S/C17H33F2N5/c1-3-20-17(21-11-14-5-4-8-23(2)12-14)22-15-6-9-24(10-7-15)13-16(18)19/h14-16H,3-13H2,1-2H3,(H2,20,21,22). The number of guanidine groups is 1. The molecular formula is C17H33F2N5. The molecule has 2 N–H and O–H groups in total. The number of aliphatic imine (C=N–C) groups is 1. The summed E-state index contributed by atoms with van der Waals surface area (Å²) < 4.78 is 24.9. The summed E-state index contributed by atoms with van der Waals surface area (Å²) in [6, 6.07) is 0.325. The average molecular weight is 345 g/mol. The highest BCUT2D eigenvalue weighted by Crippen LogP contribution is 2.15. The summed E-state index contributed by atoms with van der Waals surface area (Å²) in [4.78, 5) is 9.00. The number of hydrogen-bond acceptors (Lipinski definition) is 3. The van der Waals surface area contributed by atoms with E-state index < -0.39 is 6.43 Å². The Morgan fingerprint density at radius 2 is 1.96 bits per heavy atom. The molecule has 2 rings (SSSR count). The summed E-state index contributed by atoms with van der Waals surface area (Å²) in [7, 11) is 2.17. The second kappa shape index (κ2) is 10.1. The van der Waals surface area contributed by atoms with Gasteiger partial charge in [-0.15, -0.1) is 0 Å². The van der Waals surface area contributed by atoms with Crippen LogP contribution in [0.3, 0.4) is 0 Å². The van der Waals surface area contributed by atoms with Crippen molar-refractivity contribution < 1.29 is 8.78 Å². The normalized spacial score (nSPS) is 25.2. The predicted molar refractivity (Wildman–Crippen MR) is 94.8 cm³/mol. The molecule has 2 heterocycles. The SMILES string of the molecule is CCNC(=NCC1CCCN(C)C1)NC1CCN(CC(F)F)CC1.